The number of para-hydroxylation sites is 1. The van der Waals surface area contributed by atoms with Gasteiger partial charge in [0.2, 0.25) is 0 Å². The van der Waals surface area contributed by atoms with Crippen LogP contribution in [0.5, 0.6) is 11.5 Å². The van der Waals surface area contributed by atoms with E-state index < -0.39 is 0 Å². The minimum Gasteiger partial charge on any atom is -0.493 e. The van der Waals surface area contributed by atoms with Crippen LogP contribution in [0.1, 0.15) is 62.7 Å². The van der Waals surface area contributed by atoms with Gasteiger partial charge >= 0.3 is 0 Å². The number of nitrogens with one attached hydrogen (secondary N) is 2. The number of nitrogens with zero attached hydrogens (tertiary/aromatic N) is 4. The van der Waals surface area contributed by atoms with E-state index in [0.717, 1.165) is 67.0 Å². The number of methoxy groups -OCH3 is 1. The van der Waals surface area contributed by atoms with Crippen molar-refractivity contribution in [3.8, 4) is 11.5 Å². The molecule has 1 aromatic carbocycles. The Kier molecular flexibility index (Phi) is 7.27. The molecule has 8 heteroatoms. The molecule has 2 heterocycles. The molecule has 0 saturated heterocycles. The average Bonchev–Trinajstić information content (AvgIpc) is 3.46. The number of benzene rings is 1. The topological polar surface area (TPSA) is 85.6 Å². The molecule has 8 nitrogen and oxygen atoms in total. The molecule has 1 saturated carbocycles. The van der Waals surface area contributed by atoms with E-state index >= 15 is 0 Å². The van der Waals surface area contributed by atoms with E-state index in [1.165, 1.54) is 25.7 Å². The second-order valence-corrected chi connectivity index (χ2v) is 8.16. The fourth-order valence-corrected chi connectivity index (χ4v) is 4.32. The molecule has 168 valence electrons. The first-order chi connectivity index (χ1) is 15.3. The highest BCUT2D eigenvalue weighted by molar-refractivity contribution is 5.79. The molecular weight excluding hydrogens is 392 g/mol. The lowest BCUT2D eigenvalue weighted by Gasteiger charge is -2.19. The third-order valence-electron chi connectivity index (χ3n) is 5.97. The van der Waals surface area contributed by atoms with Crippen LogP contribution in [0.4, 0.5) is 0 Å². The Bertz CT molecular complexity index is 888. The van der Waals surface area contributed by atoms with E-state index in [2.05, 4.69) is 38.4 Å². The predicted octanol–water partition coefficient (Wildman–Crippen LogP) is 3.20. The van der Waals surface area contributed by atoms with E-state index in [1.807, 2.05) is 12.1 Å². The lowest BCUT2D eigenvalue weighted by Crippen LogP contribution is -2.37. The quantitative estimate of drug-likeness (QED) is 0.498. The van der Waals surface area contributed by atoms with E-state index in [9.17, 15) is 0 Å². The SMILES string of the molecule is CCNC(=NCc1cccc(OC)c1OC1CCCC1)NCc1nnc2n1CCCC2. The molecule has 4 rings (SSSR count). The molecule has 0 spiro atoms. The van der Waals surface area contributed by atoms with Crippen LogP contribution in [-0.2, 0) is 26.1 Å². The molecular formula is C23H34N6O2. The molecule has 1 aliphatic heterocycles. The van der Waals surface area contributed by atoms with Gasteiger partial charge in [0.05, 0.1) is 26.3 Å². The van der Waals surface area contributed by atoms with Gasteiger partial charge in [-0.3, -0.25) is 0 Å². The van der Waals surface area contributed by atoms with Gasteiger partial charge in [0, 0.05) is 25.1 Å². The summed E-state index contributed by atoms with van der Waals surface area (Å²) in [6, 6.07) is 6.01. The molecule has 1 aromatic heterocycles. The summed E-state index contributed by atoms with van der Waals surface area (Å²) in [6.45, 7) is 4.96. The van der Waals surface area contributed by atoms with Gasteiger partial charge in [-0.25, -0.2) is 4.99 Å². The Morgan fingerprint density at radius 1 is 1.16 bits per heavy atom. The summed E-state index contributed by atoms with van der Waals surface area (Å²) in [5.74, 6) is 4.41. The summed E-state index contributed by atoms with van der Waals surface area (Å²) in [7, 11) is 1.69. The molecule has 1 fully saturated rings. The molecule has 1 aliphatic carbocycles. The van der Waals surface area contributed by atoms with Gasteiger partial charge in [-0.1, -0.05) is 12.1 Å². The molecule has 2 aliphatic rings. The Morgan fingerprint density at radius 2 is 2.03 bits per heavy atom. The van der Waals surface area contributed by atoms with E-state index in [4.69, 9.17) is 14.5 Å². The zero-order chi connectivity index (χ0) is 21.5. The Labute approximate surface area is 184 Å². The van der Waals surface area contributed by atoms with Crippen LogP contribution in [0.25, 0.3) is 0 Å². The highest BCUT2D eigenvalue weighted by Gasteiger charge is 2.21. The third kappa shape index (κ3) is 5.29. The van der Waals surface area contributed by atoms with Crippen LogP contribution in [0, 0.1) is 0 Å². The van der Waals surface area contributed by atoms with Crippen molar-refractivity contribution in [1.82, 2.24) is 25.4 Å². The lowest BCUT2D eigenvalue weighted by atomic mass is 10.1. The van der Waals surface area contributed by atoms with Crippen molar-refractivity contribution < 1.29 is 9.47 Å². The van der Waals surface area contributed by atoms with Crippen molar-refractivity contribution >= 4 is 5.96 Å². The van der Waals surface area contributed by atoms with E-state index in [-0.39, 0.29) is 6.10 Å². The monoisotopic (exact) mass is 426 g/mol. The predicted molar refractivity (Wildman–Crippen MR) is 120 cm³/mol. The number of aliphatic imine (C=N–C) groups is 1. The molecule has 0 bridgehead atoms. The minimum atomic E-state index is 0.268. The summed E-state index contributed by atoms with van der Waals surface area (Å²) in [5.41, 5.74) is 1.03. The first-order valence-electron chi connectivity index (χ1n) is 11.5. The smallest absolute Gasteiger partial charge is 0.191 e. The number of guanidine groups is 1. The molecule has 2 aromatic rings. The number of fused-ring (bicyclic) bond motifs is 1. The summed E-state index contributed by atoms with van der Waals surface area (Å²) in [5, 5.41) is 15.4. The van der Waals surface area contributed by atoms with Crippen LogP contribution in [0.3, 0.4) is 0 Å². The van der Waals surface area contributed by atoms with Gasteiger partial charge in [0.1, 0.15) is 5.82 Å². The highest BCUT2D eigenvalue weighted by Crippen LogP contribution is 2.35. The van der Waals surface area contributed by atoms with Gasteiger partial charge in [0.15, 0.2) is 23.3 Å². The van der Waals surface area contributed by atoms with E-state index in [0.29, 0.717) is 13.1 Å². The van der Waals surface area contributed by atoms with Crippen molar-refractivity contribution in [1.29, 1.82) is 0 Å². The number of hydrogen-bond acceptors (Lipinski definition) is 5. The fraction of sp³-hybridized carbons (Fsp3) is 0.609. The summed E-state index contributed by atoms with van der Waals surface area (Å²) >= 11 is 0. The Hall–Kier alpha value is -2.77. The van der Waals surface area contributed by atoms with Gasteiger partial charge in [-0.15, -0.1) is 10.2 Å². The Morgan fingerprint density at radius 3 is 2.84 bits per heavy atom. The molecule has 0 atom stereocenters. The van der Waals surface area contributed by atoms with Crippen LogP contribution >= 0.6 is 0 Å². The lowest BCUT2D eigenvalue weighted by molar-refractivity contribution is 0.198. The van der Waals surface area contributed by atoms with Crippen LogP contribution in [-0.4, -0.2) is 40.5 Å². The zero-order valence-electron chi connectivity index (χ0n) is 18.7. The van der Waals surface area contributed by atoms with Gasteiger partial charge in [-0.05, 0) is 51.5 Å². The van der Waals surface area contributed by atoms with Gasteiger partial charge in [0.25, 0.3) is 0 Å². The number of aromatic nitrogens is 3. The van der Waals surface area contributed by atoms with Gasteiger partial charge in [-0.2, -0.15) is 0 Å². The van der Waals surface area contributed by atoms with Crippen LogP contribution < -0.4 is 20.1 Å². The minimum absolute atomic E-state index is 0.268. The first kappa shape index (κ1) is 21.5. The first-order valence-corrected chi connectivity index (χ1v) is 11.5. The van der Waals surface area contributed by atoms with Crippen molar-refractivity contribution in [2.24, 2.45) is 4.99 Å². The summed E-state index contributed by atoms with van der Waals surface area (Å²) in [4.78, 5) is 4.81. The third-order valence-corrected chi connectivity index (χ3v) is 5.97. The van der Waals surface area contributed by atoms with Crippen molar-refractivity contribution in [2.45, 2.75) is 77.6 Å². The number of hydrogen-bond donors (Lipinski definition) is 2. The molecule has 2 N–H and O–H groups in total. The maximum absolute atomic E-state index is 6.35. The average molecular weight is 427 g/mol. The maximum Gasteiger partial charge on any atom is 0.191 e. The Balaban J connectivity index is 1.46. The molecule has 0 amide bonds. The van der Waals surface area contributed by atoms with Crippen LogP contribution in [0.15, 0.2) is 23.2 Å². The molecule has 0 radical (unpaired) electrons. The second kappa shape index (κ2) is 10.5. The number of aryl methyl sites for hydroxylation is 1. The largest absolute Gasteiger partial charge is 0.493 e. The van der Waals surface area contributed by atoms with Crippen molar-refractivity contribution in [2.75, 3.05) is 13.7 Å². The fourth-order valence-electron chi connectivity index (χ4n) is 4.32. The molecule has 0 unspecified atom stereocenters. The van der Waals surface area contributed by atoms with Crippen molar-refractivity contribution in [3.63, 3.8) is 0 Å². The van der Waals surface area contributed by atoms with E-state index in [1.54, 1.807) is 7.11 Å². The zero-order valence-corrected chi connectivity index (χ0v) is 18.7. The van der Waals surface area contributed by atoms with Gasteiger partial charge < -0.3 is 24.7 Å². The van der Waals surface area contributed by atoms with Crippen molar-refractivity contribution in [3.05, 3.63) is 35.4 Å². The standard InChI is InChI=1S/C23H34N6O2/c1-3-24-23(26-16-21-28-27-20-13-6-7-14-29(20)21)25-15-17-9-8-12-19(30-2)22(17)31-18-10-4-5-11-18/h8-9,12,18H,3-7,10-11,13-16H2,1-2H3,(H2,24,25,26). The number of ether oxygens (including phenoxy) is 2. The highest BCUT2D eigenvalue weighted by atomic mass is 16.5. The summed E-state index contributed by atoms with van der Waals surface area (Å²) < 4.78 is 14.2. The van der Waals surface area contributed by atoms with Crippen LogP contribution in [0.2, 0.25) is 0 Å². The second-order valence-electron chi connectivity index (χ2n) is 8.16. The number of rotatable bonds is 8. The summed E-state index contributed by atoms with van der Waals surface area (Å²) in [6.07, 6.45) is 8.34. The maximum atomic E-state index is 6.35. The molecule has 31 heavy (non-hydrogen) atoms. The normalized spacial score (nSPS) is 16.8.